The van der Waals surface area contributed by atoms with Crippen LogP contribution in [0.5, 0.6) is 0 Å². The lowest BCUT2D eigenvalue weighted by atomic mass is 10.0. The maximum Gasteiger partial charge on any atom is 0.336 e. The Kier molecular flexibility index (Phi) is 6.71. The SMILES string of the molecule is Cc1ccc(CSc2ccc(NS(=O)(=O)c3cc(C)c(C)c(C(=O)O)c3)cn2)cc1C. The van der Waals surface area contributed by atoms with Crippen LogP contribution >= 0.6 is 11.8 Å². The average Bonchev–Trinajstić information content (AvgIpc) is 2.71. The van der Waals surface area contributed by atoms with Gasteiger partial charge in [0.2, 0.25) is 0 Å². The lowest BCUT2D eigenvalue weighted by Crippen LogP contribution is -2.15. The zero-order chi connectivity index (χ0) is 22.8. The summed E-state index contributed by atoms with van der Waals surface area (Å²) in [6.45, 7) is 7.50. The first-order valence-corrected chi connectivity index (χ1v) is 12.1. The van der Waals surface area contributed by atoms with E-state index in [0.29, 0.717) is 16.8 Å². The van der Waals surface area contributed by atoms with Gasteiger partial charge in [-0.1, -0.05) is 18.2 Å². The maximum absolute atomic E-state index is 12.8. The highest BCUT2D eigenvalue weighted by Crippen LogP contribution is 2.25. The summed E-state index contributed by atoms with van der Waals surface area (Å²) in [7, 11) is -3.95. The van der Waals surface area contributed by atoms with Crippen LogP contribution in [0.15, 0.2) is 58.6 Å². The van der Waals surface area contributed by atoms with Crippen LogP contribution in [0.1, 0.15) is 38.2 Å². The molecule has 31 heavy (non-hydrogen) atoms. The highest BCUT2D eigenvalue weighted by molar-refractivity contribution is 7.98. The van der Waals surface area contributed by atoms with Crippen molar-refractivity contribution in [2.75, 3.05) is 4.72 Å². The predicted octanol–water partition coefficient (Wildman–Crippen LogP) is 5.11. The molecule has 0 atom stereocenters. The number of hydrogen-bond donors (Lipinski definition) is 2. The predicted molar refractivity (Wildman–Crippen MR) is 123 cm³/mol. The van der Waals surface area contributed by atoms with E-state index in [4.69, 9.17) is 0 Å². The Balaban J connectivity index is 1.73. The van der Waals surface area contributed by atoms with Crippen molar-refractivity contribution < 1.29 is 18.3 Å². The van der Waals surface area contributed by atoms with E-state index in [9.17, 15) is 18.3 Å². The Bertz CT molecular complexity index is 1240. The molecule has 0 saturated heterocycles. The molecule has 0 aliphatic heterocycles. The number of anilines is 1. The molecule has 162 valence electrons. The molecular weight excluding hydrogens is 432 g/mol. The normalized spacial score (nSPS) is 11.4. The molecule has 2 aromatic carbocycles. The Morgan fingerprint density at radius 1 is 1.00 bits per heavy atom. The fraction of sp³-hybridized carbons (Fsp3) is 0.217. The number of hydrogen-bond acceptors (Lipinski definition) is 5. The Hall–Kier alpha value is -2.84. The number of nitrogens with one attached hydrogen (secondary N) is 1. The van der Waals surface area contributed by atoms with Gasteiger partial charge in [-0.2, -0.15) is 0 Å². The summed E-state index contributed by atoms with van der Waals surface area (Å²) in [5, 5.41) is 10.1. The molecule has 0 aliphatic carbocycles. The molecule has 0 bridgehead atoms. The zero-order valence-corrected chi connectivity index (χ0v) is 19.4. The number of pyridine rings is 1. The topological polar surface area (TPSA) is 96.4 Å². The first kappa shape index (κ1) is 22.8. The van der Waals surface area contributed by atoms with E-state index in [2.05, 4.69) is 41.8 Å². The van der Waals surface area contributed by atoms with Crippen LogP contribution in [0, 0.1) is 27.7 Å². The molecule has 0 radical (unpaired) electrons. The highest BCUT2D eigenvalue weighted by atomic mass is 32.2. The molecule has 0 amide bonds. The van der Waals surface area contributed by atoms with Crippen molar-refractivity contribution in [1.82, 2.24) is 4.98 Å². The summed E-state index contributed by atoms with van der Waals surface area (Å²) in [6, 6.07) is 12.4. The summed E-state index contributed by atoms with van der Waals surface area (Å²) in [4.78, 5) is 15.7. The Labute approximate surface area is 186 Å². The van der Waals surface area contributed by atoms with Crippen molar-refractivity contribution in [3.63, 3.8) is 0 Å². The van der Waals surface area contributed by atoms with Gasteiger partial charge in [0.1, 0.15) is 0 Å². The fourth-order valence-electron chi connectivity index (χ4n) is 2.99. The van der Waals surface area contributed by atoms with E-state index in [0.717, 1.165) is 10.8 Å². The van der Waals surface area contributed by atoms with Gasteiger partial charge in [-0.15, -0.1) is 11.8 Å². The number of rotatable bonds is 7. The molecule has 8 heteroatoms. The minimum atomic E-state index is -3.95. The second-order valence-electron chi connectivity index (χ2n) is 7.42. The number of nitrogens with zero attached hydrogens (tertiary/aromatic N) is 1. The first-order chi connectivity index (χ1) is 14.6. The molecule has 0 unspecified atom stereocenters. The van der Waals surface area contributed by atoms with Crippen LogP contribution in [0.3, 0.4) is 0 Å². The number of aromatic nitrogens is 1. The van der Waals surface area contributed by atoms with E-state index >= 15 is 0 Å². The number of benzene rings is 2. The molecule has 6 nitrogen and oxygen atoms in total. The summed E-state index contributed by atoms with van der Waals surface area (Å²) in [5.41, 5.74) is 5.11. The minimum Gasteiger partial charge on any atom is -0.478 e. The monoisotopic (exact) mass is 456 g/mol. The minimum absolute atomic E-state index is 0.0309. The van der Waals surface area contributed by atoms with Gasteiger partial charge in [0, 0.05) is 5.75 Å². The number of carboxylic acid groups (broad SMARTS) is 1. The molecule has 3 rings (SSSR count). The first-order valence-electron chi connectivity index (χ1n) is 9.59. The molecule has 0 spiro atoms. The largest absolute Gasteiger partial charge is 0.478 e. The fourth-order valence-corrected chi connectivity index (χ4v) is 4.93. The van der Waals surface area contributed by atoms with Crippen LogP contribution in [0.4, 0.5) is 5.69 Å². The number of sulfonamides is 1. The van der Waals surface area contributed by atoms with Crippen molar-refractivity contribution in [2.24, 2.45) is 0 Å². The van der Waals surface area contributed by atoms with Crippen LogP contribution in [-0.4, -0.2) is 24.5 Å². The lowest BCUT2D eigenvalue weighted by Gasteiger charge is -2.12. The molecule has 3 aromatic rings. The summed E-state index contributed by atoms with van der Waals surface area (Å²) < 4.78 is 28.0. The van der Waals surface area contributed by atoms with Gasteiger partial charge in [0.25, 0.3) is 10.0 Å². The number of thioether (sulfide) groups is 1. The molecule has 0 fully saturated rings. The third-order valence-electron chi connectivity index (χ3n) is 5.13. The van der Waals surface area contributed by atoms with Gasteiger partial charge < -0.3 is 5.11 Å². The maximum atomic E-state index is 12.8. The quantitative estimate of drug-likeness (QED) is 0.480. The second-order valence-corrected chi connectivity index (χ2v) is 10.1. The van der Waals surface area contributed by atoms with E-state index in [-0.39, 0.29) is 10.5 Å². The third kappa shape index (κ3) is 5.45. The van der Waals surface area contributed by atoms with E-state index in [1.165, 1.54) is 35.0 Å². The van der Waals surface area contributed by atoms with Crippen LogP contribution in [0.25, 0.3) is 0 Å². The van der Waals surface area contributed by atoms with E-state index < -0.39 is 16.0 Å². The van der Waals surface area contributed by atoms with Crippen LogP contribution < -0.4 is 4.72 Å². The summed E-state index contributed by atoms with van der Waals surface area (Å²) in [6.07, 6.45) is 1.46. The van der Waals surface area contributed by atoms with Gasteiger partial charge in [-0.25, -0.2) is 18.2 Å². The Morgan fingerprint density at radius 3 is 2.35 bits per heavy atom. The zero-order valence-electron chi connectivity index (χ0n) is 17.8. The van der Waals surface area contributed by atoms with Crippen LogP contribution in [-0.2, 0) is 15.8 Å². The van der Waals surface area contributed by atoms with E-state index in [1.807, 2.05) is 0 Å². The van der Waals surface area contributed by atoms with Crippen molar-refractivity contribution in [3.8, 4) is 0 Å². The number of carboxylic acids is 1. The summed E-state index contributed by atoms with van der Waals surface area (Å²) in [5.74, 6) is -0.399. The number of aromatic carboxylic acids is 1. The van der Waals surface area contributed by atoms with Crippen molar-refractivity contribution in [3.05, 3.63) is 82.0 Å². The van der Waals surface area contributed by atoms with Crippen molar-refractivity contribution >= 4 is 33.4 Å². The molecule has 1 aromatic heterocycles. The molecular formula is C23H24N2O4S2. The third-order valence-corrected chi connectivity index (χ3v) is 7.50. The average molecular weight is 457 g/mol. The molecule has 2 N–H and O–H groups in total. The number of aryl methyl sites for hydroxylation is 3. The smallest absolute Gasteiger partial charge is 0.336 e. The van der Waals surface area contributed by atoms with Crippen molar-refractivity contribution in [1.29, 1.82) is 0 Å². The van der Waals surface area contributed by atoms with Crippen LogP contribution in [0.2, 0.25) is 0 Å². The van der Waals surface area contributed by atoms with Gasteiger partial charge in [0.15, 0.2) is 0 Å². The van der Waals surface area contributed by atoms with Gasteiger partial charge >= 0.3 is 5.97 Å². The van der Waals surface area contributed by atoms with Gasteiger partial charge in [-0.3, -0.25) is 4.72 Å². The summed E-state index contributed by atoms with van der Waals surface area (Å²) >= 11 is 1.57. The standard InChI is InChI=1S/C23H24N2O4S2/c1-14-5-6-18(9-15(14)2)13-30-22-8-7-19(12-24-22)25-31(28,29)20-10-16(3)17(4)21(11-20)23(26)27/h5-12,25H,13H2,1-4H3,(H,26,27). The highest BCUT2D eigenvalue weighted by Gasteiger charge is 2.20. The van der Waals surface area contributed by atoms with Gasteiger partial charge in [0.05, 0.1) is 27.4 Å². The second kappa shape index (κ2) is 9.11. The van der Waals surface area contributed by atoms with Gasteiger partial charge in [-0.05, 0) is 79.8 Å². The number of carbonyl (C=O) groups is 1. The Morgan fingerprint density at radius 2 is 1.74 bits per heavy atom. The molecule has 1 heterocycles. The molecule has 0 aliphatic rings. The lowest BCUT2D eigenvalue weighted by molar-refractivity contribution is 0.0695. The van der Waals surface area contributed by atoms with E-state index in [1.54, 1.807) is 37.7 Å². The molecule has 0 saturated carbocycles. The van der Waals surface area contributed by atoms with Crippen molar-refractivity contribution in [2.45, 2.75) is 43.4 Å².